The molecule has 4 heteroatoms. The van der Waals surface area contributed by atoms with Crippen LogP contribution in [0.3, 0.4) is 0 Å². The number of rotatable bonds is 6. The van der Waals surface area contributed by atoms with Crippen molar-refractivity contribution in [1.82, 2.24) is 0 Å². The fourth-order valence-electron chi connectivity index (χ4n) is 1.82. The van der Waals surface area contributed by atoms with Crippen LogP contribution in [0.25, 0.3) is 0 Å². The third-order valence-corrected chi connectivity index (χ3v) is 3.50. The van der Waals surface area contributed by atoms with E-state index in [9.17, 15) is 0 Å². The van der Waals surface area contributed by atoms with Gasteiger partial charge in [0.25, 0.3) is 0 Å². The lowest BCUT2D eigenvalue weighted by Gasteiger charge is -2.12. The summed E-state index contributed by atoms with van der Waals surface area (Å²) in [5, 5.41) is 4.66. The summed E-state index contributed by atoms with van der Waals surface area (Å²) in [6.45, 7) is 5.62. The zero-order chi connectivity index (χ0) is 15.2. The molecule has 0 bridgehead atoms. The van der Waals surface area contributed by atoms with Gasteiger partial charge < -0.3 is 10.1 Å². The molecule has 2 rings (SSSR count). The third kappa shape index (κ3) is 5.14. The van der Waals surface area contributed by atoms with Crippen LogP contribution in [0.2, 0.25) is 10.0 Å². The highest BCUT2D eigenvalue weighted by atomic mass is 35.5. The summed E-state index contributed by atoms with van der Waals surface area (Å²) < 4.78 is 5.72. The molecule has 2 nitrogen and oxygen atoms in total. The molecule has 2 aromatic carbocycles. The standard InChI is InChI=1S/C17H19Cl2NO/c1-12(2)11-21-16-5-3-4-15(9-16)20-10-13-6-7-14(18)8-17(13)19/h3-9,12,20H,10-11H2,1-2H3. The Hall–Kier alpha value is -1.38. The van der Waals surface area contributed by atoms with Crippen molar-refractivity contribution in [2.24, 2.45) is 5.92 Å². The van der Waals surface area contributed by atoms with E-state index in [0.29, 0.717) is 29.1 Å². The van der Waals surface area contributed by atoms with Crippen LogP contribution < -0.4 is 10.1 Å². The van der Waals surface area contributed by atoms with Crippen molar-refractivity contribution in [1.29, 1.82) is 0 Å². The van der Waals surface area contributed by atoms with E-state index in [4.69, 9.17) is 27.9 Å². The second-order valence-corrected chi connectivity index (χ2v) is 6.17. The zero-order valence-corrected chi connectivity index (χ0v) is 13.7. The van der Waals surface area contributed by atoms with Gasteiger partial charge in [-0.3, -0.25) is 0 Å². The molecule has 0 radical (unpaired) electrons. The molecular formula is C17H19Cl2NO. The van der Waals surface area contributed by atoms with E-state index < -0.39 is 0 Å². The van der Waals surface area contributed by atoms with Gasteiger partial charge in [0.15, 0.2) is 0 Å². The first-order chi connectivity index (χ1) is 10.0. The molecule has 0 amide bonds. The van der Waals surface area contributed by atoms with Gasteiger partial charge in [-0.05, 0) is 35.7 Å². The average molecular weight is 324 g/mol. The smallest absolute Gasteiger partial charge is 0.121 e. The highest BCUT2D eigenvalue weighted by Crippen LogP contribution is 2.23. The molecule has 0 spiro atoms. The molecule has 0 saturated heterocycles. The highest BCUT2D eigenvalue weighted by Gasteiger charge is 2.03. The van der Waals surface area contributed by atoms with Gasteiger partial charge in [0.05, 0.1) is 6.61 Å². The first-order valence-electron chi connectivity index (χ1n) is 6.95. The quantitative estimate of drug-likeness (QED) is 0.742. The summed E-state index contributed by atoms with van der Waals surface area (Å²) in [6.07, 6.45) is 0. The monoisotopic (exact) mass is 323 g/mol. The van der Waals surface area contributed by atoms with E-state index in [1.54, 1.807) is 6.07 Å². The van der Waals surface area contributed by atoms with E-state index in [1.165, 1.54) is 0 Å². The van der Waals surface area contributed by atoms with Crippen LogP contribution in [0.4, 0.5) is 5.69 Å². The maximum atomic E-state index is 6.16. The Morgan fingerprint density at radius 2 is 1.90 bits per heavy atom. The van der Waals surface area contributed by atoms with Crippen molar-refractivity contribution in [3.05, 3.63) is 58.1 Å². The maximum absolute atomic E-state index is 6.16. The molecule has 0 aliphatic carbocycles. The van der Waals surface area contributed by atoms with Gasteiger partial charge in [-0.1, -0.05) is 49.2 Å². The van der Waals surface area contributed by atoms with E-state index in [1.807, 2.05) is 36.4 Å². The largest absolute Gasteiger partial charge is 0.493 e. The van der Waals surface area contributed by atoms with Gasteiger partial charge in [0, 0.05) is 28.3 Å². The number of halogens is 2. The predicted octanol–water partition coefficient (Wildman–Crippen LogP) is 5.64. The van der Waals surface area contributed by atoms with Crippen LogP contribution in [-0.4, -0.2) is 6.61 Å². The Labute approximate surface area is 136 Å². The first kappa shape index (κ1) is 16.0. The summed E-state index contributed by atoms with van der Waals surface area (Å²) >= 11 is 12.1. The van der Waals surface area contributed by atoms with Crippen LogP contribution in [0.5, 0.6) is 5.75 Å². The van der Waals surface area contributed by atoms with E-state index in [2.05, 4.69) is 19.2 Å². The lowest BCUT2D eigenvalue weighted by atomic mass is 10.2. The molecule has 0 saturated carbocycles. The summed E-state index contributed by atoms with van der Waals surface area (Å²) in [4.78, 5) is 0. The van der Waals surface area contributed by atoms with Crippen LogP contribution in [0.15, 0.2) is 42.5 Å². The Bertz CT molecular complexity index is 599. The minimum Gasteiger partial charge on any atom is -0.493 e. The third-order valence-electron chi connectivity index (χ3n) is 2.92. The van der Waals surface area contributed by atoms with Gasteiger partial charge in [0.1, 0.15) is 5.75 Å². The molecule has 112 valence electrons. The number of ether oxygens (including phenoxy) is 1. The van der Waals surface area contributed by atoms with Crippen LogP contribution >= 0.6 is 23.2 Å². The normalized spacial score (nSPS) is 10.7. The summed E-state index contributed by atoms with van der Waals surface area (Å²) in [6, 6.07) is 13.5. The fourth-order valence-corrected chi connectivity index (χ4v) is 2.30. The van der Waals surface area contributed by atoms with Gasteiger partial charge in [-0.2, -0.15) is 0 Å². The highest BCUT2D eigenvalue weighted by molar-refractivity contribution is 6.35. The van der Waals surface area contributed by atoms with E-state index in [-0.39, 0.29) is 0 Å². The Balaban J connectivity index is 1.98. The summed E-state index contributed by atoms with van der Waals surface area (Å²) in [5.41, 5.74) is 2.01. The van der Waals surface area contributed by atoms with Crippen molar-refractivity contribution in [3.63, 3.8) is 0 Å². The topological polar surface area (TPSA) is 21.3 Å². The lowest BCUT2D eigenvalue weighted by Crippen LogP contribution is -2.05. The molecule has 0 aliphatic rings. The van der Waals surface area contributed by atoms with Gasteiger partial charge in [-0.25, -0.2) is 0 Å². The molecule has 0 heterocycles. The molecular weight excluding hydrogens is 305 g/mol. The van der Waals surface area contributed by atoms with Crippen LogP contribution in [-0.2, 0) is 6.54 Å². The van der Waals surface area contributed by atoms with Gasteiger partial charge in [-0.15, -0.1) is 0 Å². The number of hydrogen-bond acceptors (Lipinski definition) is 2. The van der Waals surface area contributed by atoms with Gasteiger partial charge in [0.2, 0.25) is 0 Å². The Kier molecular flexibility index (Phi) is 5.77. The molecule has 0 atom stereocenters. The first-order valence-corrected chi connectivity index (χ1v) is 7.71. The number of nitrogens with one attached hydrogen (secondary N) is 1. The van der Waals surface area contributed by atoms with Crippen LogP contribution in [0, 0.1) is 5.92 Å². The van der Waals surface area contributed by atoms with Crippen molar-refractivity contribution >= 4 is 28.9 Å². The molecule has 21 heavy (non-hydrogen) atoms. The van der Waals surface area contributed by atoms with E-state index in [0.717, 1.165) is 17.0 Å². The molecule has 0 fully saturated rings. The fraction of sp³-hybridized carbons (Fsp3) is 0.294. The second-order valence-electron chi connectivity index (χ2n) is 5.32. The SMILES string of the molecule is CC(C)COc1cccc(NCc2ccc(Cl)cc2Cl)c1. The van der Waals surface area contributed by atoms with E-state index >= 15 is 0 Å². The van der Waals surface area contributed by atoms with Crippen molar-refractivity contribution < 1.29 is 4.74 Å². The van der Waals surface area contributed by atoms with Crippen molar-refractivity contribution in [2.75, 3.05) is 11.9 Å². The summed E-state index contributed by atoms with van der Waals surface area (Å²) in [5.74, 6) is 1.38. The number of benzene rings is 2. The molecule has 1 N–H and O–H groups in total. The Morgan fingerprint density at radius 3 is 2.62 bits per heavy atom. The number of anilines is 1. The second kappa shape index (κ2) is 7.58. The number of hydrogen-bond donors (Lipinski definition) is 1. The average Bonchev–Trinajstić information content (AvgIpc) is 2.45. The van der Waals surface area contributed by atoms with Crippen molar-refractivity contribution in [3.8, 4) is 5.75 Å². The Morgan fingerprint density at radius 1 is 1.10 bits per heavy atom. The predicted molar refractivity (Wildman–Crippen MR) is 90.6 cm³/mol. The van der Waals surface area contributed by atoms with Crippen LogP contribution in [0.1, 0.15) is 19.4 Å². The minimum atomic E-state index is 0.509. The van der Waals surface area contributed by atoms with Gasteiger partial charge >= 0.3 is 0 Å². The molecule has 0 aromatic heterocycles. The molecule has 0 unspecified atom stereocenters. The molecule has 2 aromatic rings. The molecule has 0 aliphatic heterocycles. The minimum absolute atomic E-state index is 0.509. The zero-order valence-electron chi connectivity index (χ0n) is 12.2. The summed E-state index contributed by atoms with van der Waals surface area (Å²) in [7, 11) is 0. The van der Waals surface area contributed by atoms with Crippen molar-refractivity contribution in [2.45, 2.75) is 20.4 Å². The maximum Gasteiger partial charge on any atom is 0.121 e. The lowest BCUT2D eigenvalue weighted by molar-refractivity contribution is 0.271.